The lowest BCUT2D eigenvalue weighted by Gasteiger charge is -2.12. The quantitative estimate of drug-likeness (QED) is 0.800. The first-order valence-electron chi connectivity index (χ1n) is 4.54. The van der Waals surface area contributed by atoms with Crippen LogP contribution in [0.4, 0.5) is 4.39 Å². The Kier molecular flexibility index (Phi) is 1.97. The second kappa shape index (κ2) is 3.06. The number of aliphatic carboxylic acids is 1. The minimum absolute atomic E-state index is 0.0417. The predicted molar refractivity (Wildman–Crippen MR) is 49.7 cm³/mol. The molecule has 0 unspecified atom stereocenters. The lowest BCUT2D eigenvalue weighted by molar-refractivity contribution is -0.140. The third-order valence-corrected chi connectivity index (χ3v) is 2.77. The van der Waals surface area contributed by atoms with Crippen LogP contribution < -0.4 is 0 Å². The molecule has 0 amide bonds. The molecule has 1 fully saturated rings. The van der Waals surface area contributed by atoms with Gasteiger partial charge in [0.1, 0.15) is 5.82 Å². The van der Waals surface area contributed by atoms with Crippen molar-refractivity contribution in [3.05, 3.63) is 35.1 Å². The average Bonchev–Trinajstić information content (AvgIpc) is 2.98. The number of benzene rings is 1. The zero-order valence-corrected chi connectivity index (χ0v) is 7.83. The summed E-state index contributed by atoms with van der Waals surface area (Å²) in [6.07, 6.45) is 0.801. The van der Waals surface area contributed by atoms with Gasteiger partial charge >= 0.3 is 5.97 Å². The van der Waals surface area contributed by atoms with Gasteiger partial charge in [0.2, 0.25) is 0 Å². The topological polar surface area (TPSA) is 61.1 Å². The van der Waals surface area contributed by atoms with Gasteiger partial charge in [-0.1, -0.05) is 6.07 Å². The molecule has 15 heavy (non-hydrogen) atoms. The average molecular weight is 205 g/mol. The number of nitrogens with zero attached hydrogens (tertiary/aromatic N) is 1. The summed E-state index contributed by atoms with van der Waals surface area (Å²) >= 11 is 0. The van der Waals surface area contributed by atoms with E-state index in [1.807, 2.05) is 6.07 Å². The number of carboxylic acids is 1. The van der Waals surface area contributed by atoms with E-state index in [-0.39, 0.29) is 11.1 Å². The number of nitriles is 1. The van der Waals surface area contributed by atoms with Crippen molar-refractivity contribution < 1.29 is 14.3 Å². The normalized spacial score (nSPS) is 16.8. The summed E-state index contributed by atoms with van der Waals surface area (Å²) in [5.41, 5.74) is -0.994. The van der Waals surface area contributed by atoms with E-state index < -0.39 is 17.2 Å². The number of carbonyl (C=O) groups is 1. The number of rotatable bonds is 2. The van der Waals surface area contributed by atoms with Crippen LogP contribution >= 0.6 is 0 Å². The maximum absolute atomic E-state index is 13.5. The molecule has 0 aromatic heterocycles. The van der Waals surface area contributed by atoms with E-state index in [4.69, 9.17) is 10.4 Å². The van der Waals surface area contributed by atoms with Crippen molar-refractivity contribution in [1.29, 1.82) is 5.26 Å². The Hall–Kier alpha value is -1.89. The summed E-state index contributed by atoms with van der Waals surface area (Å²) in [5.74, 6) is -1.65. The Balaban J connectivity index is 2.63. The van der Waals surface area contributed by atoms with Gasteiger partial charge in [0.25, 0.3) is 0 Å². The van der Waals surface area contributed by atoms with Crippen LogP contribution in [0.15, 0.2) is 18.2 Å². The van der Waals surface area contributed by atoms with Crippen molar-refractivity contribution in [3.63, 3.8) is 0 Å². The van der Waals surface area contributed by atoms with E-state index in [9.17, 15) is 9.18 Å². The van der Waals surface area contributed by atoms with Gasteiger partial charge in [-0.05, 0) is 25.0 Å². The Morgan fingerprint density at radius 3 is 2.67 bits per heavy atom. The van der Waals surface area contributed by atoms with E-state index >= 15 is 0 Å². The smallest absolute Gasteiger partial charge is 0.314 e. The molecule has 1 aliphatic rings. The second-order valence-corrected chi connectivity index (χ2v) is 3.66. The molecule has 0 saturated heterocycles. The molecular formula is C11H8FNO2. The summed E-state index contributed by atoms with van der Waals surface area (Å²) in [7, 11) is 0. The molecule has 2 rings (SSSR count). The fourth-order valence-electron chi connectivity index (χ4n) is 1.80. The highest BCUT2D eigenvalue weighted by Crippen LogP contribution is 2.50. The maximum atomic E-state index is 13.5. The predicted octanol–water partition coefficient (Wildman–Crippen LogP) is 1.81. The third kappa shape index (κ3) is 1.28. The first-order chi connectivity index (χ1) is 7.12. The molecule has 1 aromatic carbocycles. The highest BCUT2D eigenvalue weighted by Gasteiger charge is 2.54. The minimum atomic E-state index is -1.16. The van der Waals surface area contributed by atoms with E-state index in [0.717, 1.165) is 0 Å². The minimum Gasteiger partial charge on any atom is -0.481 e. The van der Waals surface area contributed by atoms with E-state index in [0.29, 0.717) is 12.8 Å². The number of hydrogen-bond acceptors (Lipinski definition) is 2. The molecule has 1 saturated carbocycles. The van der Waals surface area contributed by atoms with Crippen LogP contribution in [0.2, 0.25) is 0 Å². The van der Waals surface area contributed by atoms with Crippen LogP contribution in [0.25, 0.3) is 0 Å². The molecule has 3 nitrogen and oxygen atoms in total. The monoisotopic (exact) mass is 205 g/mol. The van der Waals surface area contributed by atoms with Gasteiger partial charge in [0.05, 0.1) is 17.0 Å². The van der Waals surface area contributed by atoms with Gasteiger partial charge in [-0.3, -0.25) is 4.79 Å². The largest absolute Gasteiger partial charge is 0.481 e. The molecule has 76 valence electrons. The second-order valence-electron chi connectivity index (χ2n) is 3.66. The van der Waals surface area contributed by atoms with Gasteiger partial charge in [-0.2, -0.15) is 5.26 Å². The molecule has 0 radical (unpaired) electrons. The molecule has 0 aliphatic heterocycles. The molecule has 1 N–H and O–H groups in total. The van der Waals surface area contributed by atoms with Gasteiger partial charge < -0.3 is 5.11 Å². The zero-order valence-electron chi connectivity index (χ0n) is 7.83. The van der Waals surface area contributed by atoms with Gasteiger partial charge in [0, 0.05) is 5.56 Å². The molecule has 0 heterocycles. The van der Waals surface area contributed by atoms with Crippen LogP contribution in [0.5, 0.6) is 0 Å². The summed E-state index contributed by atoms with van der Waals surface area (Å²) in [4.78, 5) is 11.0. The molecule has 0 atom stereocenters. The number of halogens is 1. The van der Waals surface area contributed by atoms with Crippen LogP contribution in [0, 0.1) is 17.1 Å². The molecule has 0 spiro atoms. The molecule has 0 bridgehead atoms. The lowest BCUT2D eigenvalue weighted by Crippen LogP contribution is -2.22. The Bertz CT molecular complexity index is 472. The van der Waals surface area contributed by atoms with Crippen LogP contribution in [0.3, 0.4) is 0 Å². The van der Waals surface area contributed by atoms with Crippen molar-refractivity contribution in [1.82, 2.24) is 0 Å². The third-order valence-electron chi connectivity index (χ3n) is 2.77. The van der Waals surface area contributed by atoms with E-state index in [1.165, 1.54) is 18.2 Å². The van der Waals surface area contributed by atoms with Crippen LogP contribution in [-0.2, 0) is 10.2 Å². The van der Waals surface area contributed by atoms with Crippen molar-refractivity contribution in [2.75, 3.05) is 0 Å². The highest BCUT2D eigenvalue weighted by molar-refractivity contribution is 5.86. The number of carboxylic acid groups (broad SMARTS) is 1. The van der Waals surface area contributed by atoms with Crippen molar-refractivity contribution in [2.45, 2.75) is 18.3 Å². The first-order valence-corrected chi connectivity index (χ1v) is 4.54. The summed E-state index contributed by atoms with van der Waals surface area (Å²) < 4.78 is 13.5. The van der Waals surface area contributed by atoms with Gasteiger partial charge in [0.15, 0.2) is 0 Å². The standard InChI is InChI=1S/C11H8FNO2/c12-8-3-1-2-7(6-13)9(8)11(4-5-11)10(14)15/h1-3H,4-5H2,(H,14,15). The van der Waals surface area contributed by atoms with Crippen molar-refractivity contribution in [2.24, 2.45) is 0 Å². The fourth-order valence-corrected chi connectivity index (χ4v) is 1.80. The molecule has 1 aliphatic carbocycles. The van der Waals surface area contributed by atoms with Gasteiger partial charge in [-0.15, -0.1) is 0 Å². The summed E-state index contributed by atoms with van der Waals surface area (Å²) in [5, 5.41) is 17.8. The van der Waals surface area contributed by atoms with E-state index in [1.54, 1.807) is 0 Å². The fraction of sp³-hybridized carbons (Fsp3) is 0.273. The van der Waals surface area contributed by atoms with E-state index in [2.05, 4.69) is 0 Å². The van der Waals surface area contributed by atoms with Crippen LogP contribution in [0.1, 0.15) is 24.0 Å². The van der Waals surface area contributed by atoms with Gasteiger partial charge in [-0.25, -0.2) is 4.39 Å². The summed E-state index contributed by atoms with van der Waals surface area (Å²) in [6, 6.07) is 5.89. The summed E-state index contributed by atoms with van der Waals surface area (Å²) in [6.45, 7) is 0. The number of hydrogen-bond donors (Lipinski definition) is 1. The Morgan fingerprint density at radius 2 is 2.20 bits per heavy atom. The SMILES string of the molecule is N#Cc1cccc(F)c1C1(C(=O)O)CC1. The molecule has 1 aromatic rings. The highest BCUT2D eigenvalue weighted by atomic mass is 19.1. The Morgan fingerprint density at radius 1 is 1.53 bits per heavy atom. The maximum Gasteiger partial charge on any atom is 0.314 e. The zero-order chi connectivity index (χ0) is 11.1. The lowest BCUT2D eigenvalue weighted by atomic mass is 9.91. The van der Waals surface area contributed by atoms with Crippen molar-refractivity contribution >= 4 is 5.97 Å². The molecule has 4 heteroatoms. The first kappa shape index (κ1) is 9.66. The molecular weight excluding hydrogens is 197 g/mol. The Labute approximate surface area is 85.8 Å². The van der Waals surface area contributed by atoms with Crippen LogP contribution in [-0.4, -0.2) is 11.1 Å². The van der Waals surface area contributed by atoms with Crippen molar-refractivity contribution in [3.8, 4) is 6.07 Å².